The third-order valence-electron chi connectivity index (χ3n) is 4.24. The van der Waals surface area contributed by atoms with E-state index in [0.717, 1.165) is 22.0 Å². The fourth-order valence-corrected chi connectivity index (χ4v) is 2.87. The molecule has 0 saturated carbocycles. The van der Waals surface area contributed by atoms with Crippen LogP contribution in [0.5, 0.6) is 5.75 Å². The molecule has 0 fully saturated rings. The normalized spacial score (nSPS) is 10.9. The van der Waals surface area contributed by atoms with E-state index in [1.807, 2.05) is 54.5 Å². The van der Waals surface area contributed by atoms with E-state index >= 15 is 0 Å². The van der Waals surface area contributed by atoms with Crippen molar-refractivity contribution >= 4 is 22.6 Å². The first-order valence-electron chi connectivity index (χ1n) is 7.92. The zero-order valence-electron chi connectivity index (χ0n) is 13.7. The highest BCUT2D eigenvalue weighted by Crippen LogP contribution is 2.35. The highest BCUT2D eigenvalue weighted by atomic mass is 16.5. The number of nitrogens with one attached hydrogen (secondary N) is 1. The second kappa shape index (κ2) is 5.87. The van der Waals surface area contributed by atoms with Gasteiger partial charge in [-0.2, -0.15) is 0 Å². The molecule has 0 atom stereocenters. The van der Waals surface area contributed by atoms with Gasteiger partial charge in [0.1, 0.15) is 5.75 Å². The molecule has 4 rings (SSSR count). The molecule has 5 nitrogen and oxygen atoms in total. The Hall–Kier alpha value is -3.47. The molecule has 25 heavy (non-hydrogen) atoms. The number of benzene rings is 2. The molecule has 4 aromatic rings. The summed E-state index contributed by atoms with van der Waals surface area (Å²) in [7, 11) is 1.99. The van der Waals surface area contributed by atoms with Crippen molar-refractivity contribution in [2.24, 2.45) is 7.05 Å². The molecule has 5 heteroatoms. The molecule has 3 N–H and O–H groups in total. The molecule has 0 aliphatic carbocycles. The van der Waals surface area contributed by atoms with Crippen LogP contribution in [0.25, 0.3) is 22.0 Å². The van der Waals surface area contributed by atoms with Crippen LogP contribution in [-0.4, -0.2) is 15.5 Å². The lowest BCUT2D eigenvalue weighted by molar-refractivity contribution is 0.0736. The van der Waals surface area contributed by atoms with Gasteiger partial charge >= 0.3 is 5.97 Å². The van der Waals surface area contributed by atoms with Gasteiger partial charge in [-0.1, -0.05) is 0 Å². The SMILES string of the molecule is Cn1ccc2cc(OC(=O)c3ccc(N)cc3)c(-c3cc[nH]c3)cc21. The van der Waals surface area contributed by atoms with Gasteiger partial charge in [0, 0.05) is 53.4 Å². The van der Waals surface area contributed by atoms with Crippen LogP contribution in [0.1, 0.15) is 10.4 Å². The standard InChI is InChI=1S/C20H17N3O2/c1-23-9-7-14-10-19(17(11-18(14)23)15-6-8-22-12-15)25-20(24)13-2-4-16(21)5-3-13/h2-12,22H,21H2,1H3. The molecular weight excluding hydrogens is 314 g/mol. The van der Waals surface area contributed by atoms with Gasteiger partial charge in [0.05, 0.1) is 5.56 Å². The molecule has 0 radical (unpaired) electrons. The Kier molecular flexibility index (Phi) is 3.54. The minimum Gasteiger partial charge on any atom is -0.422 e. The fraction of sp³-hybridized carbons (Fsp3) is 0.0500. The van der Waals surface area contributed by atoms with Crippen molar-refractivity contribution in [3.63, 3.8) is 0 Å². The van der Waals surface area contributed by atoms with Gasteiger partial charge in [0.2, 0.25) is 0 Å². The Bertz CT molecular complexity index is 1040. The first-order valence-corrected chi connectivity index (χ1v) is 7.92. The van der Waals surface area contributed by atoms with Gasteiger partial charge in [0.15, 0.2) is 0 Å². The summed E-state index contributed by atoms with van der Waals surface area (Å²) in [5.41, 5.74) is 9.64. The molecule has 0 spiro atoms. The van der Waals surface area contributed by atoms with Crippen LogP contribution in [-0.2, 0) is 7.05 Å². The van der Waals surface area contributed by atoms with Gasteiger partial charge in [-0.3, -0.25) is 0 Å². The van der Waals surface area contributed by atoms with Crippen molar-refractivity contribution in [1.29, 1.82) is 0 Å². The van der Waals surface area contributed by atoms with Crippen molar-refractivity contribution < 1.29 is 9.53 Å². The molecule has 2 heterocycles. The first-order chi connectivity index (χ1) is 12.1. The summed E-state index contributed by atoms with van der Waals surface area (Å²) in [6.07, 6.45) is 5.71. The second-order valence-corrected chi connectivity index (χ2v) is 5.95. The lowest BCUT2D eigenvalue weighted by Gasteiger charge is -2.11. The zero-order chi connectivity index (χ0) is 17.4. The Morgan fingerprint density at radius 1 is 1.12 bits per heavy atom. The number of nitrogen functional groups attached to an aromatic ring is 1. The van der Waals surface area contributed by atoms with E-state index in [2.05, 4.69) is 4.98 Å². The van der Waals surface area contributed by atoms with Gasteiger partial charge in [-0.25, -0.2) is 4.79 Å². The number of esters is 1. The average molecular weight is 331 g/mol. The molecule has 0 saturated heterocycles. The summed E-state index contributed by atoms with van der Waals surface area (Å²) < 4.78 is 7.75. The molecule has 0 aliphatic heterocycles. The minimum atomic E-state index is -0.410. The maximum Gasteiger partial charge on any atom is 0.343 e. The maximum atomic E-state index is 12.5. The Morgan fingerprint density at radius 3 is 2.64 bits per heavy atom. The Morgan fingerprint density at radius 2 is 1.92 bits per heavy atom. The number of fused-ring (bicyclic) bond motifs is 1. The van der Waals surface area contributed by atoms with Crippen LogP contribution in [0.3, 0.4) is 0 Å². The van der Waals surface area contributed by atoms with Gasteiger partial charge < -0.3 is 20.0 Å². The van der Waals surface area contributed by atoms with E-state index in [0.29, 0.717) is 17.0 Å². The van der Waals surface area contributed by atoms with E-state index in [1.54, 1.807) is 24.3 Å². The van der Waals surface area contributed by atoms with Gasteiger partial charge in [-0.15, -0.1) is 0 Å². The van der Waals surface area contributed by atoms with Crippen LogP contribution >= 0.6 is 0 Å². The number of ether oxygens (including phenoxy) is 1. The first kappa shape index (κ1) is 15.1. The lowest BCUT2D eigenvalue weighted by Crippen LogP contribution is -2.09. The van der Waals surface area contributed by atoms with Crippen molar-refractivity contribution in [1.82, 2.24) is 9.55 Å². The largest absolute Gasteiger partial charge is 0.422 e. The predicted molar refractivity (Wildman–Crippen MR) is 98.5 cm³/mol. The molecular formula is C20H17N3O2. The lowest BCUT2D eigenvalue weighted by atomic mass is 10.1. The summed E-state index contributed by atoms with van der Waals surface area (Å²) in [5, 5.41) is 1.02. The van der Waals surface area contributed by atoms with E-state index < -0.39 is 5.97 Å². The molecule has 0 amide bonds. The number of anilines is 1. The number of nitrogens with two attached hydrogens (primary N) is 1. The molecule has 0 aliphatic rings. The summed E-state index contributed by atoms with van der Waals surface area (Å²) in [6.45, 7) is 0. The topological polar surface area (TPSA) is 73.0 Å². The number of aromatic amines is 1. The summed E-state index contributed by atoms with van der Waals surface area (Å²) >= 11 is 0. The predicted octanol–water partition coefficient (Wildman–Crippen LogP) is 3.97. The molecule has 124 valence electrons. The van der Waals surface area contributed by atoms with Crippen LogP contribution < -0.4 is 10.5 Å². The van der Waals surface area contributed by atoms with Crippen LogP contribution in [0.4, 0.5) is 5.69 Å². The summed E-state index contributed by atoms with van der Waals surface area (Å²) in [6, 6.07) is 14.6. The number of carbonyl (C=O) groups is 1. The summed E-state index contributed by atoms with van der Waals surface area (Å²) in [5.74, 6) is 0.118. The van der Waals surface area contributed by atoms with E-state index in [4.69, 9.17) is 10.5 Å². The number of carbonyl (C=O) groups excluding carboxylic acids is 1. The quantitative estimate of drug-likeness (QED) is 0.339. The van der Waals surface area contributed by atoms with Crippen molar-refractivity contribution in [3.05, 3.63) is 72.7 Å². The smallest absolute Gasteiger partial charge is 0.343 e. The Balaban J connectivity index is 1.78. The highest BCUT2D eigenvalue weighted by molar-refractivity contribution is 5.95. The molecule has 0 unspecified atom stereocenters. The van der Waals surface area contributed by atoms with E-state index in [1.165, 1.54) is 0 Å². The number of rotatable bonds is 3. The van der Waals surface area contributed by atoms with Crippen LogP contribution in [0.2, 0.25) is 0 Å². The number of aromatic nitrogens is 2. The number of H-pyrrole nitrogens is 1. The Labute approximate surface area is 144 Å². The second-order valence-electron chi connectivity index (χ2n) is 5.95. The number of aryl methyl sites for hydroxylation is 1. The van der Waals surface area contributed by atoms with Gasteiger partial charge in [0.25, 0.3) is 0 Å². The van der Waals surface area contributed by atoms with Crippen LogP contribution in [0, 0.1) is 0 Å². The van der Waals surface area contributed by atoms with Crippen LogP contribution in [0.15, 0.2) is 67.1 Å². The zero-order valence-corrected chi connectivity index (χ0v) is 13.7. The van der Waals surface area contributed by atoms with E-state index in [9.17, 15) is 4.79 Å². The fourth-order valence-electron chi connectivity index (χ4n) is 2.87. The maximum absolute atomic E-state index is 12.5. The van der Waals surface area contributed by atoms with Gasteiger partial charge in [-0.05, 0) is 48.5 Å². The molecule has 0 bridgehead atoms. The van der Waals surface area contributed by atoms with E-state index in [-0.39, 0.29) is 0 Å². The van der Waals surface area contributed by atoms with Crippen molar-refractivity contribution in [2.75, 3.05) is 5.73 Å². The van der Waals surface area contributed by atoms with Crippen molar-refractivity contribution in [2.45, 2.75) is 0 Å². The molecule has 2 aromatic carbocycles. The third kappa shape index (κ3) is 2.76. The molecule has 2 aromatic heterocycles. The number of nitrogens with zero attached hydrogens (tertiary/aromatic N) is 1. The third-order valence-corrected chi connectivity index (χ3v) is 4.24. The minimum absolute atomic E-state index is 0.410. The monoisotopic (exact) mass is 331 g/mol. The van der Waals surface area contributed by atoms with Crippen molar-refractivity contribution in [3.8, 4) is 16.9 Å². The number of hydrogen-bond donors (Lipinski definition) is 2. The average Bonchev–Trinajstić information content (AvgIpc) is 3.25. The highest BCUT2D eigenvalue weighted by Gasteiger charge is 2.15. The summed E-state index contributed by atoms with van der Waals surface area (Å²) in [4.78, 5) is 15.6. The number of hydrogen-bond acceptors (Lipinski definition) is 3.